The third-order valence-electron chi connectivity index (χ3n) is 8.72. The molecule has 3 aromatic rings. The van der Waals surface area contributed by atoms with Crippen molar-refractivity contribution in [2.45, 2.75) is 96.2 Å². The molecule has 1 saturated heterocycles. The number of halogens is 2. The quantitative estimate of drug-likeness (QED) is 0.246. The number of aromatic nitrogens is 4. The highest BCUT2D eigenvalue weighted by Crippen LogP contribution is 2.31. The number of hydrogen-bond donors (Lipinski definition) is 3. The number of anilines is 1. The maximum Gasteiger partial charge on any atom is 0.408 e. The van der Waals surface area contributed by atoms with E-state index in [1.165, 1.54) is 4.57 Å². The minimum absolute atomic E-state index is 0.00934. The summed E-state index contributed by atoms with van der Waals surface area (Å²) in [5.74, 6) is 0.688. The van der Waals surface area contributed by atoms with Gasteiger partial charge in [0.05, 0.1) is 24.2 Å². The molecule has 5 rings (SSSR count). The predicted molar refractivity (Wildman–Crippen MR) is 176 cm³/mol. The summed E-state index contributed by atoms with van der Waals surface area (Å²) in [5.41, 5.74) is 1.14. The molecule has 1 aromatic carbocycles. The average Bonchev–Trinajstić information content (AvgIpc) is 3.45. The predicted octanol–water partition coefficient (Wildman–Crippen LogP) is 4.86. The lowest BCUT2D eigenvalue weighted by Crippen LogP contribution is -2.51. The molecule has 3 heterocycles. The summed E-state index contributed by atoms with van der Waals surface area (Å²) in [5, 5.41) is 15.1. The molecule has 262 valence electrons. The van der Waals surface area contributed by atoms with Crippen molar-refractivity contribution in [1.29, 1.82) is 0 Å². The molecule has 1 aliphatic carbocycles. The van der Waals surface area contributed by atoms with Gasteiger partial charge in [-0.3, -0.25) is 9.36 Å². The second-order valence-corrected chi connectivity index (χ2v) is 13.5. The second kappa shape index (κ2) is 16.0. The second-order valence-electron chi connectivity index (χ2n) is 13.5. The molecular formula is C34H47F2N7O5. The summed E-state index contributed by atoms with van der Waals surface area (Å²) >= 11 is 0. The van der Waals surface area contributed by atoms with Crippen LogP contribution in [0.4, 0.5) is 19.5 Å². The van der Waals surface area contributed by atoms with Gasteiger partial charge in [-0.1, -0.05) is 18.6 Å². The number of aliphatic hydroxyl groups excluding tert-OH is 1. The van der Waals surface area contributed by atoms with E-state index in [0.717, 1.165) is 44.2 Å². The van der Waals surface area contributed by atoms with Crippen molar-refractivity contribution in [3.8, 4) is 5.82 Å². The Morgan fingerprint density at radius 1 is 1.08 bits per heavy atom. The average molecular weight is 672 g/mol. The van der Waals surface area contributed by atoms with E-state index in [-0.39, 0.29) is 30.8 Å². The number of ether oxygens (including phenoxy) is 2. The topological polar surface area (TPSA) is 144 Å². The van der Waals surface area contributed by atoms with Crippen LogP contribution in [0.1, 0.15) is 83.7 Å². The number of fused-ring (bicyclic) bond motifs is 1. The number of benzene rings is 1. The fourth-order valence-electron chi connectivity index (χ4n) is 6.37. The lowest BCUT2D eigenvalue weighted by Gasteiger charge is -2.30. The molecule has 14 heteroatoms. The van der Waals surface area contributed by atoms with E-state index in [0.29, 0.717) is 61.4 Å². The number of alkyl carbamates (subject to hydrolysis) is 1. The minimum atomic E-state index is -2.77. The van der Waals surface area contributed by atoms with E-state index in [1.807, 2.05) is 4.90 Å². The zero-order chi connectivity index (χ0) is 34.3. The summed E-state index contributed by atoms with van der Waals surface area (Å²) in [6.07, 6.45) is 2.66. The highest BCUT2D eigenvalue weighted by Gasteiger charge is 2.28. The minimum Gasteiger partial charge on any atom is -0.444 e. The lowest BCUT2D eigenvalue weighted by atomic mass is 9.83. The number of morpholine rings is 1. The van der Waals surface area contributed by atoms with E-state index in [1.54, 1.807) is 51.1 Å². The molecule has 2 amide bonds. The fourth-order valence-corrected chi connectivity index (χ4v) is 6.37. The Hall–Kier alpha value is -3.91. The zero-order valence-electron chi connectivity index (χ0n) is 28.0. The number of carbonyl (C=O) groups excluding carboxylic acids is 2. The van der Waals surface area contributed by atoms with Gasteiger partial charge in [-0.25, -0.2) is 23.5 Å². The van der Waals surface area contributed by atoms with Gasteiger partial charge in [-0.05, 0) is 83.8 Å². The van der Waals surface area contributed by atoms with Crippen molar-refractivity contribution < 1.29 is 33.0 Å². The third kappa shape index (κ3) is 9.37. The number of nitrogens with zero attached hydrogens (tertiary/aromatic N) is 5. The summed E-state index contributed by atoms with van der Waals surface area (Å²) in [6.45, 7) is 7.32. The molecule has 2 aromatic heterocycles. The molecule has 3 N–H and O–H groups in total. The van der Waals surface area contributed by atoms with Crippen molar-refractivity contribution in [3.63, 3.8) is 0 Å². The molecule has 1 aliphatic heterocycles. The Morgan fingerprint density at radius 2 is 1.81 bits per heavy atom. The van der Waals surface area contributed by atoms with Crippen molar-refractivity contribution >= 4 is 29.0 Å². The van der Waals surface area contributed by atoms with Crippen LogP contribution in [-0.4, -0.2) is 87.2 Å². The van der Waals surface area contributed by atoms with E-state index < -0.39 is 24.2 Å². The molecule has 2 fully saturated rings. The summed E-state index contributed by atoms with van der Waals surface area (Å²) in [7, 11) is 0. The van der Waals surface area contributed by atoms with Crippen LogP contribution in [0.3, 0.4) is 0 Å². The van der Waals surface area contributed by atoms with Gasteiger partial charge in [0.25, 0.3) is 6.43 Å². The fraction of sp³-hybridized carbons (Fsp3) is 0.618. The largest absolute Gasteiger partial charge is 0.444 e. The molecule has 1 atom stereocenters. The van der Waals surface area contributed by atoms with Crippen LogP contribution in [0.25, 0.3) is 16.9 Å². The molecule has 0 bridgehead atoms. The number of imidazole rings is 1. The molecular weight excluding hydrogens is 624 g/mol. The van der Waals surface area contributed by atoms with Gasteiger partial charge in [0.2, 0.25) is 11.9 Å². The highest BCUT2D eigenvalue weighted by molar-refractivity contribution is 5.86. The Morgan fingerprint density at radius 3 is 2.50 bits per heavy atom. The molecule has 2 aliphatic rings. The van der Waals surface area contributed by atoms with Crippen molar-refractivity contribution in [1.82, 2.24) is 30.2 Å². The monoisotopic (exact) mass is 671 g/mol. The maximum absolute atomic E-state index is 14.2. The van der Waals surface area contributed by atoms with Crippen molar-refractivity contribution in [2.75, 3.05) is 37.8 Å². The van der Waals surface area contributed by atoms with Gasteiger partial charge < -0.3 is 30.1 Å². The van der Waals surface area contributed by atoms with E-state index in [4.69, 9.17) is 19.4 Å². The number of carbonyl (C=O) groups is 2. The molecule has 48 heavy (non-hydrogen) atoms. The van der Waals surface area contributed by atoms with Crippen LogP contribution in [0.5, 0.6) is 0 Å². The Balaban J connectivity index is 1.20. The van der Waals surface area contributed by atoms with Crippen LogP contribution < -0.4 is 15.5 Å². The van der Waals surface area contributed by atoms with Gasteiger partial charge in [-0.2, -0.15) is 4.98 Å². The molecule has 0 unspecified atom stereocenters. The third-order valence-corrected chi connectivity index (χ3v) is 8.72. The van der Waals surface area contributed by atoms with Gasteiger partial charge in [0.15, 0.2) is 5.82 Å². The SMILES string of the molecule is CC(C)(C)OC(=O)N[C@H](CCO)C(=O)NC1CCC(CCCc2cc(-n3c(C(F)F)nc4ccccc43)nc(N3CCOCC3)n2)CC1. The first kappa shape index (κ1) is 35.4. The molecule has 1 saturated carbocycles. The maximum atomic E-state index is 14.2. The van der Waals surface area contributed by atoms with Crippen LogP contribution >= 0.6 is 0 Å². The first-order valence-electron chi connectivity index (χ1n) is 16.9. The number of aliphatic hydroxyl groups is 1. The zero-order valence-corrected chi connectivity index (χ0v) is 28.0. The van der Waals surface area contributed by atoms with Gasteiger partial charge in [-0.15, -0.1) is 0 Å². The number of hydrogen-bond acceptors (Lipinski definition) is 9. The smallest absolute Gasteiger partial charge is 0.408 e. The standard InChI is InChI=1S/C34H47F2N7O5/c1-34(2,3)48-33(46)40-26(15-18-44)31(45)37-23-13-11-22(12-14-23)7-6-8-24-21-28(41-32(38-24)42-16-19-47-20-17-42)43-27-10-5-4-9-25(27)39-30(43)29(35)36/h4-5,9-10,21-23,26,29,44H,6-8,11-20H2,1-3H3,(H,37,45)(H,40,46)/t22?,23?,26-/m1/s1. The summed E-state index contributed by atoms with van der Waals surface area (Å²) in [6, 6.07) is 7.98. The van der Waals surface area contributed by atoms with Gasteiger partial charge in [0, 0.05) is 37.5 Å². The van der Waals surface area contributed by atoms with Crippen LogP contribution in [0, 0.1) is 5.92 Å². The Kier molecular flexibility index (Phi) is 11.8. The van der Waals surface area contributed by atoms with E-state index >= 15 is 0 Å². The van der Waals surface area contributed by atoms with Gasteiger partial charge >= 0.3 is 6.09 Å². The number of amides is 2. The Bertz CT molecular complexity index is 1530. The first-order valence-corrected chi connectivity index (χ1v) is 16.9. The van der Waals surface area contributed by atoms with Crippen LogP contribution in [0.15, 0.2) is 30.3 Å². The number of aryl methyl sites for hydroxylation is 1. The molecule has 0 spiro atoms. The molecule has 0 radical (unpaired) electrons. The first-order chi connectivity index (χ1) is 23.0. The van der Waals surface area contributed by atoms with Crippen LogP contribution in [-0.2, 0) is 20.7 Å². The van der Waals surface area contributed by atoms with E-state index in [9.17, 15) is 23.5 Å². The lowest BCUT2D eigenvalue weighted by molar-refractivity contribution is -0.124. The van der Waals surface area contributed by atoms with Crippen LogP contribution in [0.2, 0.25) is 0 Å². The number of alkyl halides is 2. The van der Waals surface area contributed by atoms with Crippen molar-refractivity contribution in [3.05, 3.63) is 41.9 Å². The summed E-state index contributed by atoms with van der Waals surface area (Å²) < 4.78 is 40.6. The molecule has 12 nitrogen and oxygen atoms in total. The van der Waals surface area contributed by atoms with Gasteiger partial charge in [0.1, 0.15) is 17.5 Å². The van der Waals surface area contributed by atoms with E-state index in [2.05, 4.69) is 15.6 Å². The number of rotatable bonds is 12. The summed E-state index contributed by atoms with van der Waals surface area (Å²) in [4.78, 5) is 41.0. The number of nitrogens with one attached hydrogen (secondary N) is 2. The Labute approximate surface area is 279 Å². The normalized spacial score (nSPS) is 19.4. The number of para-hydroxylation sites is 2. The van der Waals surface area contributed by atoms with Crippen molar-refractivity contribution in [2.24, 2.45) is 5.92 Å². The highest BCUT2D eigenvalue weighted by atomic mass is 19.3.